The van der Waals surface area contributed by atoms with Crippen molar-refractivity contribution >= 4 is 29.1 Å². The van der Waals surface area contributed by atoms with E-state index < -0.39 is 0 Å². The van der Waals surface area contributed by atoms with Crippen molar-refractivity contribution < 1.29 is 4.79 Å². The molecule has 0 aliphatic carbocycles. The highest BCUT2D eigenvalue weighted by Gasteiger charge is 2.43. The fraction of sp³-hybridized carbons (Fsp3) is 0.708. The molecule has 1 amide bonds. The van der Waals surface area contributed by atoms with Gasteiger partial charge >= 0.3 is 0 Å². The molecule has 178 valence electrons. The number of nitrogens with two attached hydrogens (primary N) is 1. The number of piperidine rings is 2. The van der Waals surface area contributed by atoms with Crippen LogP contribution in [0.15, 0.2) is 12.3 Å². The van der Waals surface area contributed by atoms with Crippen molar-refractivity contribution in [1.29, 1.82) is 0 Å². The summed E-state index contributed by atoms with van der Waals surface area (Å²) in [7, 11) is 0. The maximum absolute atomic E-state index is 13.7. The van der Waals surface area contributed by atoms with Gasteiger partial charge < -0.3 is 20.9 Å². The average Bonchev–Trinajstić information content (AvgIpc) is 3.55. The molecule has 2 aromatic heterocycles. The van der Waals surface area contributed by atoms with Gasteiger partial charge in [0.15, 0.2) is 5.65 Å². The summed E-state index contributed by atoms with van der Waals surface area (Å²) in [6.07, 6.45) is 9.76. The van der Waals surface area contributed by atoms with Gasteiger partial charge in [-0.25, -0.2) is 9.50 Å². The van der Waals surface area contributed by atoms with Crippen LogP contribution < -0.4 is 16.0 Å². The van der Waals surface area contributed by atoms with Gasteiger partial charge in [0.1, 0.15) is 5.82 Å². The summed E-state index contributed by atoms with van der Waals surface area (Å²) in [5.74, 6) is 1.96. The van der Waals surface area contributed by atoms with Crippen LogP contribution in [0.2, 0.25) is 0 Å². The highest BCUT2D eigenvalue weighted by atomic mass is 32.2. The van der Waals surface area contributed by atoms with Crippen molar-refractivity contribution in [2.24, 2.45) is 11.7 Å². The normalized spacial score (nSPS) is 32.5. The van der Waals surface area contributed by atoms with Crippen molar-refractivity contribution in [2.75, 3.05) is 31.1 Å². The number of hydrogen-bond acceptors (Lipinski definition) is 7. The number of carbonyl (C=O) groups is 1. The quantitative estimate of drug-likeness (QED) is 0.713. The predicted octanol–water partition coefficient (Wildman–Crippen LogP) is 2.46. The first-order chi connectivity index (χ1) is 16.1. The zero-order valence-electron chi connectivity index (χ0n) is 19.4. The maximum atomic E-state index is 13.7. The molecule has 4 aliphatic heterocycles. The van der Waals surface area contributed by atoms with Crippen molar-refractivity contribution in [2.45, 2.75) is 74.6 Å². The molecule has 4 aliphatic rings. The molecule has 4 saturated heterocycles. The Bertz CT molecular complexity index is 1030. The van der Waals surface area contributed by atoms with Crippen LogP contribution in [0.3, 0.4) is 0 Å². The Morgan fingerprint density at radius 2 is 2.12 bits per heavy atom. The number of fused-ring (bicyclic) bond motifs is 2. The van der Waals surface area contributed by atoms with Crippen molar-refractivity contribution in [1.82, 2.24) is 24.8 Å². The molecule has 8 nitrogen and oxygen atoms in total. The Morgan fingerprint density at radius 3 is 2.94 bits per heavy atom. The summed E-state index contributed by atoms with van der Waals surface area (Å²) >= 11 is 1.86. The minimum absolute atomic E-state index is 0.0492. The number of aryl methyl sites for hydroxylation is 1. The Balaban J connectivity index is 1.25. The summed E-state index contributed by atoms with van der Waals surface area (Å²) < 4.78 is 1.89. The van der Waals surface area contributed by atoms with E-state index in [1.807, 2.05) is 16.3 Å². The maximum Gasteiger partial charge on any atom is 0.236 e. The highest BCUT2D eigenvalue weighted by Crippen LogP contribution is 2.43. The molecule has 4 fully saturated rings. The van der Waals surface area contributed by atoms with Gasteiger partial charge in [-0.3, -0.25) is 4.79 Å². The van der Waals surface area contributed by atoms with Gasteiger partial charge in [0.05, 0.1) is 22.4 Å². The molecule has 0 bridgehead atoms. The monoisotopic (exact) mass is 469 g/mol. The van der Waals surface area contributed by atoms with Gasteiger partial charge in [0.25, 0.3) is 0 Å². The van der Waals surface area contributed by atoms with Gasteiger partial charge in [-0.05, 0) is 64.3 Å². The molecule has 6 heterocycles. The number of thioether (sulfide) groups is 1. The average molecular weight is 470 g/mol. The molecule has 0 radical (unpaired) electrons. The third kappa shape index (κ3) is 4.02. The molecule has 6 rings (SSSR count). The summed E-state index contributed by atoms with van der Waals surface area (Å²) in [6.45, 7) is 5.81. The smallest absolute Gasteiger partial charge is 0.236 e. The van der Waals surface area contributed by atoms with E-state index in [1.165, 1.54) is 12.8 Å². The van der Waals surface area contributed by atoms with E-state index in [4.69, 9.17) is 15.8 Å². The SMILES string of the molecule is Cc1cn2nc([C@@H]3CCCCN3C(=O)C3CC4CCCNC4S3)cc2nc1N1CC[C@H](N)C1. The molecule has 0 spiro atoms. The second-order valence-electron chi connectivity index (χ2n) is 10.3. The van der Waals surface area contributed by atoms with Gasteiger partial charge in [0.2, 0.25) is 5.91 Å². The van der Waals surface area contributed by atoms with E-state index in [0.717, 1.165) is 81.0 Å². The molecule has 3 N–H and O–H groups in total. The second kappa shape index (κ2) is 8.74. The zero-order valence-corrected chi connectivity index (χ0v) is 20.3. The minimum Gasteiger partial charge on any atom is -0.355 e. The van der Waals surface area contributed by atoms with E-state index in [1.54, 1.807) is 0 Å². The van der Waals surface area contributed by atoms with Gasteiger partial charge in [-0.1, -0.05) is 0 Å². The lowest BCUT2D eigenvalue weighted by Crippen LogP contribution is -2.42. The summed E-state index contributed by atoms with van der Waals surface area (Å²) in [5, 5.41) is 9.06. The van der Waals surface area contributed by atoms with E-state index in [2.05, 4.69) is 34.3 Å². The number of likely N-dealkylation sites (tertiary alicyclic amines) is 1. The lowest BCUT2D eigenvalue weighted by atomic mass is 9.93. The first-order valence-corrected chi connectivity index (χ1v) is 13.6. The number of amides is 1. The molecule has 3 unspecified atom stereocenters. The molecular formula is C24H35N7OS. The molecule has 33 heavy (non-hydrogen) atoms. The standard InChI is InChI=1S/C24H35N7OS/c1-15-13-31-21(27-22(15)29-10-7-17(25)14-29)12-18(28-31)19-6-2-3-9-30(19)24(32)20-11-16-5-4-8-26-23(16)33-20/h12-13,16-17,19-20,23,26H,2-11,14,25H2,1H3/t16?,17-,19-,20?,23?/m0/s1. The molecule has 0 saturated carbocycles. The lowest BCUT2D eigenvalue weighted by molar-refractivity contribution is -0.134. The van der Waals surface area contributed by atoms with Crippen LogP contribution in [0.25, 0.3) is 5.65 Å². The number of nitrogens with one attached hydrogen (secondary N) is 1. The first kappa shape index (κ1) is 21.7. The number of hydrogen-bond donors (Lipinski definition) is 2. The molecule has 0 aromatic carbocycles. The zero-order chi connectivity index (χ0) is 22.5. The molecule has 9 heteroatoms. The number of carbonyl (C=O) groups excluding carboxylic acids is 1. The fourth-order valence-corrected chi connectivity index (χ4v) is 7.81. The number of anilines is 1. The van der Waals surface area contributed by atoms with Crippen molar-refractivity contribution in [3.8, 4) is 0 Å². The van der Waals surface area contributed by atoms with Crippen LogP contribution in [-0.4, -0.2) is 68.2 Å². The van der Waals surface area contributed by atoms with Crippen LogP contribution in [0.4, 0.5) is 5.82 Å². The number of aromatic nitrogens is 3. The number of nitrogens with zero attached hydrogens (tertiary/aromatic N) is 5. The lowest BCUT2D eigenvalue weighted by Gasteiger charge is -2.36. The van der Waals surface area contributed by atoms with Crippen LogP contribution >= 0.6 is 11.8 Å². The van der Waals surface area contributed by atoms with Crippen LogP contribution in [0.5, 0.6) is 0 Å². The van der Waals surface area contributed by atoms with E-state index in [0.29, 0.717) is 17.2 Å². The molecule has 2 aromatic rings. The second-order valence-corrected chi connectivity index (χ2v) is 11.6. The van der Waals surface area contributed by atoms with Crippen molar-refractivity contribution in [3.63, 3.8) is 0 Å². The largest absolute Gasteiger partial charge is 0.355 e. The van der Waals surface area contributed by atoms with E-state index in [9.17, 15) is 4.79 Å². The van der Waals surface area contributed by atoms with E-state index in [-0.39, 0.29) is 17.3 Å². The van der Waals surface area contributed by atoms with Gasteiger partial charge in [0, 0.05) is 43.5 Å². The Labute approximate surface area is 199 Å². The predicted molar refractivity (Wildman–Crippen MR) is 131 cm³/mol. The highest BCUT2D eigenvalue weighted by molar-refractivity contribution is 8.01. The molecule has 5 atom stereocenters. The summed E-state index contributed by atoms with van der Waals surface area (Å²) in [4.78, 5) is 23.0. The van der Waals surface area contributed by atoms with Gasteiger partial charge in [-0.2, -0.15) is 5.10 Å². The van der Waals surface area contributed by atoms with Crippen molar-refractivity contribution in [3.05, 3.63) is 23.5 Å². The molecular weight excluding hydrogens is 434 g/mol. The van der Waals surface area contributed by atoms with Gasteiger partial charge in [-0.15, -0.1) is 11.8 Å². The third-order valence-electron chi connectivity index (χ3n) is 7.90. The first-order valence-electron chi connectivity index (χ1n) is 12.6. The van der Waals surface area contributed by atoms with Crippen LogP contribution in [0.1, 0.15) is 62.2 Å². The topological polar surface area (TPSA) is 91.8 Å². The number of rotatable bonds is 3. The summed E-state index contributed by atoms with van der Waals surface area (Å²) in [5.41, 5.74) is 9.07. The third-order valence-corrected chi connectivity index (χ3v) is 9.47. The minimum atomic E-state index is 0.0492. The Hall–Kier alpha value is -1.84. The Kier molecular flexibility index (Phi) is 5.74. The van der Waals surface area contributed by atoms with Crippen LogP contribution in [-0.2, 0) is 4.79 Å². The Morgan fingerprint density at radius 1 is 1.21 bits per heavy atom. The van der Waals surface area contributed by atoms with E-state index >= 15 is 0 Å². The summed E-state index contributed by atoms with van der Waals surface area (Å²) in [6, 6.07) is 2.36. The van der Waals surface area contributed by atoms with Crippen LogP contribution in [0, 0.1) is 12.8 Å². The fourth-order valence-electron chi connectivity index (χ4n) is 6.16.